The first-order chi connectivity index (χ1) is 13.0. The van der Waals surface area contributed by atoms with Crippen LogP contribution in [-0.4, -0.2) is 67.7 Å². The van der Waals surface area contributed by atoms with Gasteiger partial charge in [0.2, 0.25) is 0 Å². The van der Waals surface area contributed by atoms with E-state index in [2.05, 4.69) is 4.90 Å². The predicted molar refractivity (Wildman–Crippen MR) is 108 cm³/mol. The van der Waals surface area contributed by atoms with Crippen LogP contribution in [0.15, 0.2) is 12.1 Å². The maximum absolute atomic E-state index is 12.8. The van der Waals surface area contributed by atoms with Crippen molar-refractivity contribution in [2.45, 2.75) is 37.8 Å². The molecule has 3 rings (SSSR count). The number of carbonyl (C=O) groups is 1. The lowest BCUT2D eigenvalue weighted by atomic mass is 9.88. The number of halogens is 3. The summed E-state index contributed by atoms with van der Waals surface area (Å²) in [5, 5.41) is 1.02. The minimum Gasteiger partial charge on any atom is -0.481 e. The Kier molecular flexibility index (Phi) is 7.51. The van der Waals surface area contributed by atoms with Crippen molar-refractivity contribution in [2.75, 3.05) is 40.0 Å². The average Bonchev–Trinajstić information content (AvgIpc) is 2.67. The summed E-state index contributed by atoms with van der Waals surface area (Å²) in [4.78, 5) is 17.1. The van der Waals surface area contributed by atoms with Crippen molar-refractivity contribution in [3.8, 4) is 5.75 Å². The van der Waals surface area contributed by atoms with Crippen LogP contribution in [0.1, 0.15) is 25.7 Å². The van der Waals surface area contributed by atoms with Crippen LogP contribution in [0.3, 0.4) is 0 Å². The topological polar surface area (TPSA) is 42.0 Å². The van der Waals surface area contributed by atoms with Crippen LogP contribution < -0.4 is 4.74 Å². The van der Waals surface area contributed by atoms with Gasteiger partial charge in [-0.05, 0) is 25.0 Å². The molecule has 1 aromatic rings. The molecule has 2 aliphatic rings. The van der Waals surface area contributed by atoms with Gasteiger partial charge in [-0.1, -0.05) is 47.6 Å². The predicted octanol–water partition coefficient (Wildman–Crippen LogP) is 4.13. The number of ether oxygens (including phenoxy) is 2. The van der Waals surface area contributed by atoms with Crippen LogP contribution in [0.25, 0.3) is 0 Å². The molecule has 1 saturated carbocycles. The van der Waals surface area contributed by atoms with E-state index in [-0.39, 0.29) is 24.3 Å². The summed E-state index contributed by atoms with van der Waals surface area (Å²) in [7, 11) is 1.86. The van der Waals surface area contributed by atoms with Gasteiger partial charge in [-0.15, -0.1) is 0 Å². The Morgan fingerprint density at radius 3 is 2.48 bits per heavy atom. The molecule has 2 unspecified atom stereocenters. The fourth-order valence-corrected chi connectivity index (χ4v) is 4.89. The van der Waals surface area contributed by atoms with Gasteiger partial charge in [-0.3, -0.25) is 9.69 Å². The van der Waals surface area contributed by atoms with E-state index >= 15 is 0 Å². The third-order valence-corrected chi connectivity index (χ3v) is 6.18. The number of carbonyl (C=O) groups excluding carboxylic acids is 1. The molecule has 1 aromatic carbocycles. The van der Waals surface area contributed by atoms with Crippen molar-refractivity contribution in [2.24, 2.45) is 0 Å². The van der Waals surface area contributed by atoms with Crippen molar-refractivity contribution in [1.82, 2.24) is 9.80 Å². The van der Waals surface area contributed by atoms with Crippen LogP contribution in [-0.2, 0) is 9.53 Å². The molecule has 0 N–H and O–H groups in total. The Morgan fingerprint density at radius 1 is 1.19 bits per heavy atom. The van der Waals surface area contributed by atoms with E-state index in [4.69, 9.17) is 44.3 Å². The van der Waals surface area contributed by atoms with Gasteiger partial charge in [0, 0.05) is 37.2 Å². The van der Waals surface area contributed by atoms with E-state index in [1.807, 2.05) is 11.9 Å². The second-order valence-electron chi connectivity index (χ2n) is 7.06. The van der Waals surface area contributed by atoms with Gasteiger partial charge < -0.3 is 14.4 Å². The molecule has 2 atom stereocenters. The summed E-state index contributed by atoms with van der Waals surface area (Å²) in [6, 6.07) is 3.66. The molecule has 1 aliphatic heterocycles. The van der Waals surface area contributed by atoms with Crippen molar-refractivity contribution >= 4 is 40.7 Å². The highest BCUT2D eigenvalue weighted by atomic mass is 35.5. The lowest BCUT2D eigenvalue weighted by molar-refractivity contribution is -0.137. The molecule has 0 spiro atoms. The SMILES string of the molecule is CN(C(=O)COc1c(Cl)cc(Cl)cc1Cl)C1CCCCC1N1CCOCC1. The first kappa shape index (κ1) is 21.0. The first-order valence-electron chi connectivity index (χ1n) is 9.32. The third kappa shape index (κ3) is 5.21. The second-order valence-corrected chi connectivity index (χ2v) is 8.31. The molecule has 1 amide bonds. The molecular weight excluding hydrogens is 411 g/mol. The Hall–Kier alpha value is -0.720. The van der Waals surface area contributed by atoms with Crippen molar-refractivity contribution in [3.05, 3.63) is 27.2 Å². The number of morpholine rings is 1. The molecule has 27 heavy (non-hydrogen) atoms. The summed E-state index contributed by atoms with van der Waals surface area (Å²) in [6.45, 7) is 3.27. The van der Waals surface area contributed by atoms with E-state index in [1.165, 1.54) is 6.42 Å². The largest absolute Gasteiger partial charge is 0.481 e. The quantitative estimate of drug-likeness (QED) is 0.697. The molecule has 8 heteroatoms. The molecule has 2 fully saturated rings. The number of hydrogen-bond donors (Lipinski definition) is 0. The zero-order valence-corrected chi connectivity index (χ0v) is 17.7. The van der Waals surface area contributed by atoms with Gasteiger partial charge >= 0.3 is 0 Å². The maximum atomic E-state index is 12.8. The highest BCUT2D eigenvalue weighted by Gasteiger charge is 2.35. The van der Waals surface area contributed by atoms with Gasteiger partial charge in [-0.2, -0.15) is 0 Å². The Bertz CT molecular complexity index is 645. The Balaban J connectivity index is 1.63. The van der Waals surface area contributed by atoms with Crippen molar-refractivity contribution in [1.29, 1.82) is 0 Å². The average molecular weight is 436 g/mol. The molecule has 0 radical (unpaired) electrons. The normalized spacial score (nSPS) is 23.9. The molecule has 1 aliphatic carbocycles. The van der Waals surface area contributed by atoms with Crippen LogP contribution in [0, 0.1) is 0 Å². The summed E-state index contributed by atoms with van der Waals surface area (Å²) < 4.78 is 11.1. The van der Waals surface area contributed by atoms with Gasteiger partial charge in [0.05, 0.1) is 23.3 Å². The fourth-order valence-electron chi connectivity index (χ4n) is 3.97. The summed E-state index contributed by atoms with van der Waals surface area (Å²) in [5.41, 5.74) is 0. The van der Waals surface area contributed by atoms with Crippen LogP contribution in [0.2, 0.25) is 15.1 Å². The molecule has 5 nitrogen and oxygen atoms in total. The highest BCUT2D eigenvalue weighted by molar-refractivity contribution is 6.40. The van der Waals surface area contributed by atoms with E-state index in [1.54, 1.807) is 12.1 Å². The van der Waals surface area contributed by atoms with Gasteiger partial charge in [0.1, 0.15) is 0 Å². The molecular formula is C19H25Cl3N2O3. The minimum absolute atomic E-state index is 0.0813. The van der Waals surface area contributed by atoms with E-state index in [0.29, 0.717) is 21.1 Å². The second kappa shape index (κ2) is 9.66. The molecule has 150 valence electrons. The maximum Gasteiger partial charge on any atom is 0.260 e. The van der Waals surface area contributed by atoms with Crippen LogP contribution in [0.5, 0.6) is 5.75 Å². The molecule has 0 bridgehead atoms. The fraction of sp³-hybridized carbons (Fsp3) is 0.632. The summed E-state index contributed by atoms with van der Waals surface area (Å²) in [5.74, 6) is 0.208. The molecule has 1 heterocycles. The van der Waals surface area contributed by atoms with Crippen molar-refractivity contribution < 1.29 is 14.3 Å². The van der Waals surface area contributed by atoms with Crippen LogP contribution in [0.4, 0.5) is 0 Å². The minimum atomic E-state index is -0.107. The standard InChI is InChI=1S/C19H25Cl3N2O3/c1-23(16-4-2-3-5-17(16)24-6-8-26-9-7-24)18(25)12-27-19-14(21)10-13(20)11-15(19)22/h10-11,16-17H,2-9,12H2,1H3. The number of likely N-dealkylation sites (N-methyl/N-ethyl adjacent to an activating group) is 1. The Labute approximate surface area is 175 Å². The first-order valence-corrected chi connectivity index (χ1v) is 10.5. The number of benzene rings is 1. The summed E-state index contributed by atoms with van der Waals surface area (Å²) in [6.07, 6.45) is 4.45. The van der Waals surface area contributed by atoms with Crippen LogP contribution >= 0.6 is 34.8 Å². The third-order valence-electron chi connectivity index (χ3n) is 5.40. The zero-order valence-electron chi connectivity index (χ0n) is 15.4. The van der Waals surface area contributed by atoms with Gasteiger partial charge in [0.15, 0.2) is 12.4 Å². The molecule has 0 aromatic heterocycles. The number of hydrogen-bond acceptors (Lipinski definition) is 4. The highest BCUT2D eigenvalue weighted by Crippen LogP contribution is 2.36. The Morgan fingerprint density at radius 2 is 1.81 bits per heavy atom. The zero-order chi connectivity index (χ0) is 19.4. The number of rotatable bonds is 5. The van der Waals surface area contributed by atoms with Gasteiger partial charge in [-0.25, -0.2) is 0 Å². The van der Waals surface area contributed by atoms with Gasteiger partial charge in [0.25, 0.3) is 5.91 Å². The van der Waals surface area contributed by atoms with E-state index in [9.17, 15) is 4.79 Å². The molecule has 1 saturated heterocycles. The number of amides is 1. The lowest BCUT2D eigenvalue weighted by Crippen LogP contribution is -2.56. The van der Waals surface area contributed by atoms with Crippen molar-refractivity contribution in [3.63, 3.8) is 0 Å². The van der Waals surface area contributed by atoms with E-state index < -0.39 is 0 Å². The lowest BCUT2D eigenvalue weighted by Gasteiger charge is -2.45. The van der Waals surface area contributed by atoms with E-state index in [0.717, 1.165) is 45.6 Å². The summed E-state index contributed by atoms with van der Waals surface area (Å²) >= 11 is 18.2. The monoisotopic (exact) mass is 434 g/mol. The number of nitrogens with zero attached hydrogens (tertiary/aromatic N) is 2. The smallest absolute Gasteiger partial charge is 0.260 e.